The van der Waals surface area contributed by atoms with Crippen LogP contribution in [0.5, 0.6) is 0 Å². The maximum absolute atomic E-state index is 12.9. The molecule has 0 saturated carbocycles. The maximum atomic E-state index is 12.9. The van der Waals surface area contributed by atoms with Gasteiger partial charge in [0, 0.05) is 10.6 Å². The van der Waals surface area contributed by atoms with Crippen LogP contribution >= 0.6 is 23.2 Å². The highest BCUT2D eigenvalue weighted by Gasteiger charge is 2.39. The summed E-state index contributed by atoms with van der Waals surface area (Å²) in [6.45, 7) is 0.133. The number of rotatable bonds is 6. The van der Waals surface area contributed by atoms with Gasteiger partial charge in [-0.15, -0.1) is 0 Å². The molecule has 8 nitrogen and oxygen atoms in total. The molecule has 0 aliphatic heterocycles. The van der Waals surface area contributed by atoms with Gasteiger partial charge in [-0.1, -0.05) is 35.3 Å². The van der Waals surface area contributed by atoms with E-state index in [0.717, 1.165) is 9.13 Å². The fraction of sp³-hybridized carbons (Fsp3) is 0.353. The molecule has 162 valence electrons. The summed E-state index contributed by atoms with van der Waals surface area (Å²) in [7, 11) is 0. The van der Waals surface area contributed by atoms with Crippen molar-refractivity contribution >= 4 is 23.2 Å². The van der Waals surface area contributed by atoms with E-state index in [1.807, 2.05) is 0 Å². The van der Waals surface area contributed by atoms with Gasteiger partial charge in [-0.2, -0.15) is 18.3 Å². The molecule has 2 heterocycles. The van der Waals surface area contributed by atoms with E-state index in [1.165, 1.54) is 31.2 Å². The van der Waals surface area contributed by atoms with Crippen molar-refractivity contribution in [3.05, 3.63) is 56.6 Å². The van der Waals surface area contributed by atoms with Gasteiger partial charge in [-0.3, -0.25) is 14.2 Å². The summed E-state index contributed by atoms with van der Waals surface area (Å²) in [5, 5.41) is 25.6. The van der Waals surface area contributed by atoms with Gasteiger partial charge in [0.1, 0.15) is 11.3 Å². The maximum Gasteiger partial charge on any atom is 0.416 e. The van der Waals surface area contributed by atoms with Crippen LogP contribution in [0.25, 0.3) is 11.3 Å². The van der Waals surface area contributed by atoms with Crippen LogP contribution in [0, 0.1) is 0 Å². The van der Waals surface area contributed by atoms with Gasteiger partial charge >= 0.3 is 11.9 Å². The van der Waals surface area contributed by atoms with Crippen LogP contribution in [0.15, 0.2) is 29.1 Å². The summed E-state index contributed by atoms with van der Waals surface area (Å²) in [5.74, 6) is 0.241. The molecule has 0 fully saturated rings. The Morgan fingerprint density at radius 1 is 1.17 bits per heavy atom. The van der Waals surface area contributed by atoms with Gasteiger partial charge in [-0.05, 0) is 19.1 Å². The van der Waals surface area contributed by atoms with Crippen LogP contribution in [-0.4, -0.2) is 46.8 Å². The molecule has 3 rings (SSSR count). The molecule has 3 N–H and O–H groups in total. The number of aliphatic hydroxyl groups excluding tert-OH is 2. The first-order valence-electron chi connectivity index (χ1n) is 8.57. The van der Waals surface area contributed by atoms with E-state index in [2.05, 4.69) is 15.2 Å². The zero-order chi connectivity index (χ0) is 22.2. The topological polar surface area (TPSA) is 109 Å². The second-order valence-electron chi connectivity index (χ2n) is 6.50. The van der Waals surface area contributed by atoms with Gasteiger partial charge in [-0.25, -0.2) is 9.78 Å². The minimum absolute atomic E-state index is 0.0204. The Hall–Kier alpha value is -2.34. The molecule has 2 aromatic heterocycles. The Morgan fingerprint density at radius 3 is 2.33 bits per heavy atom. The lowest BCUT2D eigenvalue weighted by atomic mass is 10.1. The minimum atomic E-state index is -4.93. The SMILES string of the molecule is CC(O)c1nc(Cn2c(Cl)c(-c3ccc(Cl)cc3)n(CC(O)C(F)(F)F)c2=O)n[nH]1. The van der Waals surface area contributed by atoms with Gasteiger partial charge in [0.2, 0.25) is 0 Å². The van der Waals surface area contributed by atoms with Gasteiger partial charge < -0.3 is 10.2 Å². The fourth-order valence-corrected chi connectivity index (χ4v) is 3.21. The molecule has 1 aromatic carbocycles. The normalized spacial score (nSPS) is 14.1. The Kier molecular flexibility index (Phi) is 6.27. The summed E-state index contributed by atoms with van der Waals surface area (Å²) in [5.41, 5.74) is -0.584. The van der Waals surface area contributed by atoms with Gasteiger partial charge in [0.25, 0.3) is 0 Å². The van der Waals surface area contributed by atoms with Gasteiger partial charge in [0.05, 0.1) is 18.8 Å². The van der Waals surface area contributed by atoms with E-state index in [9.17, 15) is 28.2 Å². The molecular formula is C17H16Cl2F3N5O3. The number of imidazole rings is 1. The average Bonchev–Trinajstić information content (AvgIpc) is 3.22. The second-order valence-corrected chi connectivity index (χ2v) is 7.29. The molecule has 0 saturated heterocycles. The second kappa shape index (κ2) is 8.42. The number of halogens is 5. The number of H-pyrrole nitrogens is 1. The Balaban J connectivity index is 2.10. The average molecular weight is 466 g/mol. The first-order valence-corrected chi connectivity index (χ1v) is 9.33. The lowest BCUT2D eigenvalue weighted by molar-refractivity contribution is -0.207. The van der Waals surface area contributed by atoms with Crippen molar-refractivity contribution < 1.29 is 23.4 Å². The number of hydrogen-bond acceptors (Lipinski definition) is 5. The summed E-state index contributed by atoms with van der Waals surface area (Å²) >= 11 is 12.2. The van der Waals surface area contributed by atoms with Gasteiger partial charge in [0.15, 0.2) is 17.8 Å². The molecule has 0 radical (unpaired) electrons. The van der Waals surface area contributed by atoms with E-state index in [-0.39, 0.29) is 29.0 Å². The van der Waals surface area contributed by atoms with E-state index >= 15 is 0 Å². The zero-order valence-electron chi connectivity index (χ0n) is 15.4. The van der Waals surface area contributed by atoms with Crippen molar-refractivity contribution in [2.45, 2.75) is 38.4 Å². The smallest absolute Gasteiger partial charge is 0.385 e. The third-order valence-corrected chi connectivity index (χ3v) is 4.89. The summed E-state index contributed by atoms with van der Waals surface area (Å²) in [4.78, 5) is 16.9. The first-order chi connectivity index (χ1) is 14.0. The van der Waals surface area contributed by atoms with E-state index in [0.29, 0.717) is 10.6 Å². The van der Waals surface area contributed by atoms with Crippen molar-refractivity contribution in [2.75, 3.05) is 0 Å². The number of benzene rings is 1. The molecule has 2 atom stereocenters. The highest BCUT2D eigenvalue weighted by Crippen LogP contribution is 2.30. The molecule has 13 heteroatoms. The third-order valence-electron chi connectivity index (χ3n) is 4.26. The Labute approximate surface area is 177 Å². The number of nitrogens with one attached hydrogen (secondary N) is 1. The highest BCUT2D eigenvalue weighted by molar-refractivity contribution is 6.32. The molecule has 0 aliphatic rings. The quantitative estimate of drug-likeness (QED) is 0.518. The molecular weight excluding hydrogens is 450 g/mol. The number of aromatic amines is 1. The van der Waals surface area contributed by atoms with Crippen molar-refractivity contribution in [2.24, 2.45) is 0 Å². The van der Waals surface area contributed by atoms with Crippen LogP contribution in [0.4, 0.5) is 13.2 Å². The fourth-order valence-electron chi connectivity index (χ4n) is 2.74. The van der Waals surface area contributed by atoms with Crippen molar-refractivity contribution in [1.82, 2.24) is 24.3 Å². The molecule has 0 bridgehead atoms. The molecule has 0 spiro atoms. The van der Waals surface area contributed by atoms with E-state index < -0.39 is 30.6 Å². The zero-order valence-corrected chi connectivity index (χ0v) is 16.9. The van der Waals surface area contributed by atoms with Crippen molar-refractivity contribution in [1.29, 1.82) is 0 Å². The van der Waals surface area contributed by atoms with Crippen LogP contribution in [0.2, 0.25) is 10.2 Å². The number of aliphatic hydroxyl groups is 2. The Morgan fingerprint density at radius 2 is 1.80 bits per heavy atom. The summed E-state index contributed by atoms with van der Waals surface area (Å²) < 4.78 is 40.5. The first kappa shape index (κ1) is 22.3. The lowest BCUT2D eigenvalue weighted by Gasteiger charge is -2.16. The predicted molar refractivity (Wildman–Crippen MR) is 102 cm³/mol. The molecule has 3 aromatic rings. The Bertz CT molecular complexity index is 1090. The number of hydrogen-bond donors (Lipinski definition) is 3. The third kappa shape index (κ3) is 4.53. The van der Waals surface area contributed by atoms with Crippen LogP contribution < -0.4 is 5.69 Å². The molecule has 2 unspecified atom stereocenters. The van der Waals surface area contributed by atoms with Crippen molar-refractivity contribution in [3.8, 4) is 11.3 Å². The summed E-state index contributed by atoms with van der Waals surface area (Å²) in [6, 6.07) is 5.96. The molecule has 30 heavy (non-hydrogen) atoms. The van der Waals surface area contributed by atoms with E-state index in [4.69, 9.17) is 23.2 Å². The highest BCUT2D eigenvalue weighted by atomic mass is 35.5. The molecule has 0 aliphatic carbocycles. The minimum Gasteiger partial charge on any atom is -0.385 e. The standard InChI is InChI=1S/C17H16Cl2F3N5O3/c1-8(28)15-23-12(24-25-15)7-27-14(19)13(9-2-4-10(18)5-3-9)26(16(27)30)6-11(29)17(20,21)22/h2-5,8,11,28-29H,6-7H2,1H3,(H,23,24,25). The monoisotopic (exact) mass is 465 g/mol. The lowest BCUT2D eigenvalue weighted by Crippen LogP contribution is -2.37. The number of aromatic nitrogens is 5. The van der Waals surface area contributed by atoms with Crippen molar-refractivity contribution in [3.63, 3.8) is 0 Å². The number of nitrogens with zero attached hydrogens (tertiary/aromatic N) is 4. The predicted octanol–water partition coefficient (Wildman–Crippen LogP) is 2.77. The van der Waals surface area contributed by atoms with Crippen LogP contribution in [-0.2, 0) is 13.1 Å². The summed E-state index contributed by atoms with van der Waals surface area (Å²) in [6.07, 6.45) is -8.64. The largest absolute Gasteiger partial charge is 0.416 e. The van der Waals surface area contributed by atoms with Crippen LogP contribution in [0.3, 0.4) is 0 Å². The van der Waals surface area contributed by atoms with E-state index in [1.54, 1.807) is 0 Å². The van der Waals surface area contributed by atoms with Crippen LogP contribution in [0.1, 0.15) is 24.7 Å². The molecule has 0 amide bonds. The number of alkyl halides is 3.